The van der Waals surface area contributed by atoms with Gasteiger partial charge in [0.2, 0.25) is 0 Å². The first-order valence-corrected chi connectivity index (χ1v) is 5.61. The zero-order chi connectivity index (χ0) is 11.4. The number of thiazole rings is 1. The molecule has 2 N–H and O–H groups in total. The predicted molar refractivity (Wildman–Crippen MR) is 67.1 cm³/mol. The topological polar surface area (TPSA) is 56.0 Å². The molecule has 0 bridgehead atoms. The number of hydrogen-bond acceptors (Lipinski definition) is 4. The molecule has 2 aromatic rings. The highest BCUT2D eigenvalue weighted by molar-refractivity contribution is 7.13. The third-order valence-corrected chi connectivity index (χ3v) is 2.79. The van der Waals surface area contributed by atoms with Crippen molar-refractivity contribution in [3.8, 4) is 11.3 Å². The summed E-state index contributed by atoms with van der Waals surface area (Å²) in [5.74, 6) is 0. The number of carbonyl (C=O) groups is 1. The van der Waals surface area contributed by atoms with Crippen LogP contribution in [0.2, 0.25) is 0 Å². The van der Waals surface area contributed by atoms with Gasteiger partial charge in [-0.1, -0.05) is 30.3 Å². The van der Waals surface area contributed by atoms with Crippen molar-refractivity contribution >= 4 is 28.8 Å². The molecule has 2 rings (SSSR count). The second-order valence-electron chi connectivity index (χ2n) is 3.15. The fraction of sp³-hybridized carbons (Fsp3) is 0. The van der Waals surface area contributed by atoms with Gasteiger partial charge in [0.25, 0.3) is 0 Å². The molecule has 0 atom stereocenters. The van der Waals surface area contributed by atoms with Crippen LogP contribution in [0.25, 0.3) is 17.3 Å². The number of aromatic nitrogens is 1. The van der Waals surface area contributed by atoms with Gasteiger partial charge in [-0.15, -0.1) is 11.3 Å². The van der Waals surface area contributed by atoms with Gasteiger partial charge in [0.05, 0.1) is 5.69 Å². The van der Waals surface area contributed by atoms with Crippen LogP contribution in [0.4, 0.5) is 5.13 Å². The molecule has 1 heterocycles. The van der Waals surface area contributed by atoms with Gasteiger partial charge in [-0.25, -0.2) is 4.98 Å². The van der Waals surface area contributed by atoms with Gasteiger partial charge in [0.15, 0.2) is 5.13 Å². The molecule has 0 unspecified atom stereocenters. The monoisotopic (exact) mass is 230 g/mol. The molecular weight excluding hydrogens is 220 g/mol. The van der Waals surface area contributed by atoms with Crippen molar-refractivity contribution in [1.29, 1.82) is 0 Å². The first-order valence-electron chi connectivity index (χ1n) is 4.73. The summed E-state index contributed by atoms with van der Waals surface area (Å²) in [4.78, 5) is 14.5. The van der Waals surface area contributed by atoms with Gasteiger partial charge in [-0.3, -0.25) is 4.79 Å². The molecule has 0 aliphatic rings. The van der Waals surface area contributed by atoms with Crippen molar-refractivity contribution in [3.05, 3.63) is 41.3 Å². The third-order valence-electron chi connectivity index (χ3n) is 2.11. The summed E-state index contributed by atoms with van der Waals surface area (Å²) in [6.07, 6.45) is 3.98. The third kappa shape index (κ3) is 2.17. The molecule has 0 saturated carbocycles. The van der Waals surface area contributed by atoms with Crippen LogP contribution in [0.15, 0.2) is 35.7 Å². The lowest BCUT2D eigenvalue weighted by Gasteiger charge is -2.01. The molecule has 0 saturated heterocycles. The summed E-state index contributed by atoms with van der Waals surface area (Å²) in [6, 6.07) is 7.75. The summed E-state index contributed by atoms with van der Waals surface area (Å²) >= 11 is 1.40. The van der Waals surface area contributed by atoms with Crippen LogP contribution in [-0.4, -0.2) is 11.3 Å². The van der Waals surface area contributed by atoms with E-state index in [0.29, 0.717) is 5.13 Å². The van der Waals surface area contributed by atoms with Crippen LogP contribution in [0.3, 0.4) is 0 Å². The summed E-state index contributed by atoms with van der Waals surface area (Å²) in [6.45, 7) is 0. The maximum absolute atomic E-state index is 10.3. The fourth-order valence-electron chi connectivity index (χ4n) is 1.43. The van der Waals surface area contributed by atoms with Gasteiger partial charge in [-0.05, 0) is 11.6 Å². The van der Waals surface area contributed by atoms with E-state index in [2.05, 4.69) is 4.98 Å². The van der Waals surface area contributed by atoms with Crippen molar-refractivity contribution in [2.45, 2.75) is 0 Å². The highest BCUT2D eigenvalue weighted by Gasteiger charge is 2.05. The van der Waals surface area contributed by atoms with E-state index < -0.39 is 0 Å². The van der Waals surface area contributed by atoms with Crippen LogP contribution in [0.5, 0.6) is 0 Å². The maximum Gasteiger partial charge on any atom is 0.180 e. The molecule has 0 fully saturated rings. The average molecular weight is 230 g/mol. The quantitative estimate of drug-likeness (QED) is 0.651. The summed E-state index contributed by atoms with van der Waals surface area (Å²) in [5, 5.41) is 2.45. The number of nitrogen functional groups attached to an aromatic ring is 1. The second kappa shape index (κ2) is 4.72. The van der Waals surface area contributed by atoms with Gasteiger partial charge in [-0.2, -0.15) is 0 Å². The van der Waals surface area contributed by atoms with Gasteiger partial charge in [0, 0.05) is 10.9 Å². The zero-order valence-corrected chi connectivity index (χ0v) is 9.28. The van der Waals surface area contributed by atoms with E-state index in [4.69, 9.17) is 5.73 Å². The molecule has 0 aliphatic carbocycles. The first kappa shape index (κ1) is 10.6. The number of allylic oxidation sites excluding steroid dienone is 1. The number of rotatable bonds is 3. The number of hydrogen-bond donors (Lipinski definition) is 1. The minimum absolute atomic E-state index is 0.546. The van der Waals surface area contributed by atoms with Crippen molar-refractivity contribution in [2.24, 2.45) is 0 Å². The van der Waals surface area contributed by atoms with Crippen molar-refractivity contribution in [3.63, 3.8) is 0 Å². The Kier molecular flexibility index (Phi) is 3.12. The Morgan fingerprint density at radius 3 is 2.81 bits per heavy atom. The SMILES string of the molecule is Nc1nc(-c2ccccc2C=CC=O)cs1. The fourth-order valence-corrected chi connectivity index (χ4v) is 1.99. The number of benzene rings is 1. The Hall–Kier alpha value is -1.94. The highest BCUT2D eigenvalue weighted by Crippen LogP contribution is 2.26. The molecule has 3 nitrogen and oxygen atoms in total. The minimum Gasteiger partial charge on any atom is -0.375 e. The van der Waals surface area contributed by atoms with Crippen molar-refractivity contribution in [2.75, 3.05) is 5.73 Å². The lowest BCUT2D eigenvalue weighted by molar-refractivity contribution is -0.104. The maximum atomic E-state index is 10.3. The molecule has 4 heteroatoms. The van der Waals surface area contributed by atoms with Gasteiger partial charge < -0.3 is 5.73 Å². The molecule has 0 spiro atoms. The number of nitrogens with zero attached hydrogens (tertiary/aromatic N) is 1. The Bertz CT molecular complexity index is 531. The van der Waals surface area contributed by atoms with Crippen LogP contribution >= 0.6 is 11.3 Å². The summed E-state index contributed by atoms with van der Waals surface area (Å²) in [7, 11) is 0. The molecular formula is C12H10N2OS. The molecule has 1 aromatic carbocycles. The first-order chi connectivity index (χ1) is 7.81. The molecule has 0 amide bonds. The Balaban J connectivity index is 2.47. The minimum atomic E-state index is 0.546. The Morgan fingerprint density at radius 2 is 2.12 bits per heavy atom. The van der Waals surface area contributed by atoms with Crippen LogP contribution < -0.4 is 5.73 Å². The Morgan fingerprint density at radius 1 is 1.31 bits per heavy atom. The number of carbonyl (C=O) groups excluding carboxylic acids is 1. The Labute approximate surface area is 97.3 Å². The van der Waals surface area contributed by atoms with Crippen LogP contribution in [0, 0.1) is 0 Å². The average Bonchev–Trinajstić information content (AvgIpc) is 2.73. The standard InChI is InChI=1S/C12H10N2OS/c13-12-14-11(8-16-12)10-6-2-1-4-9(10)5-3-7-15/h1-8H,(H2,13,14). The van der Waals surface area contributed by atoms with Crippen LogP contribution in [0.1, 0.15) is 5.56 Å². The molecule has 0 aliphatic heterocycles. The molecule has 80 valence electrons. The van der Waals surface area contributed by atoms with E-state index in [1.54, 1.807) is 6.08 Å². The van der Waals surface area contributed by atoms with Gasteiger partial charge >= 0.3 is 0 Å². The largest absolute Gasteiger partial charge is 0.375 e. The molecule has 1 aromatic heterocycles. The smallest absolute Gasteiger partial charge is 0.180 e. The lowest BCUT2D eigenvalue weighted by Crippen LogP contribution is -1.85. The number of anilines is 1. The van der Waals surface area contributed by atoms with E-state index >= 15 is 0 Å². The van der Waals surface area contributed by atoms with E-state index in [9.17, 15) is 4.79 Å². The predicted octanol–water partition coefficient (Wildman–Crippen LogP) is 2.60. The second-order valence-corrected chi connectivity index (χ2v) is 4.04. The normalized spacial score (nSPS) is 10.8. The number of aldehydes is 1. The van der Waals surface area contributed by atoms with Gasteiger partial charge in [0.1, 0.15) is 6.29 Å². The molecule has 16 heavy (non-hydrogen) atoms. The van der Waals surface area contributed by atoms with E-state index in [1.165, 1.54) is 17.4 Å². The van der Waals surface area contributed by atoms with Crippen molar-refractivity contribution in [1.82, 2.24) is 4.98 Å². The number of nitrogens with two attached hydrogens (primary N) is 1. The van der Waals surface area contributed by atoms with Crippen LogP contribution in [-0.2, 0) is 4.79 Å². The van der Waals surface area contributed by atoms with E-state index in [-0.39, 0.29) is 0 Å². The summed E-state index contributed by atoms with van der Waals surface area (Å²) in [5.41, 5.74) is 8.38. The zero-order valence-electron chi connectivity index (χ0n) is 8.46. The van der Waals surface area contributed by atoms with Crippen molar-refractivity contribution < 1.29 is 4.79 Å². The van der Waals surface area contributed by atoms with E-state index in [0.717, 1.165) is 23.1 Å². The molecule has 0 radical (unpaired) electrons. The highest BCUT2D eigenvalue weighted by atomic mass is 32.1. The van der Waals surface area contributed by atoms with E-state index in [1.807, 2.05) is 29.6 Å². The summed E-state index contributed by atoms with van der Waals surface area (Å²) < 4.78 is 0. The lowest BCUT2D eigenvalue weighted by atomic mass is 10.1.